The van der Waals surface area contributed by atoms with Gasteiger partial charge < -0.3 is 9.47 Å². The van der Waals surface area contributed by atoms with Crippen LogP contribution in [0.2, 0.25) is 0 Å². The predicted molar refractivity (Wildman–Crippen MR) is 135 cm³/mol. The van der Waals surface area contributed by atoms with Crippen LogP contribution in [0.5, 0.6) is 0 Å². The number of carbonyl (C=O) groups excluding carboxylic acids is 1. The highest BCUT2D eigenvalue weighted by Gasteiger charge is 2.81. The molecule has 0 radical (unpaired) electrons. The highest BCUT2D eigenvalue weighted by molar-refractivity contribution is 7.92. The molecular weight excluding hydrogens is 474 g/mol. The van der Waals surface area contributed by atoms with E-state index in [1.54, 1.807) is 54.3 Å². The number of rotatable bonds is 4. The number of nitrogens with zero attached hydrogens (tertiary/aromatic N) is 1. The van der Waals surface area contributed by atoms with Crippen molar-refractivity contribution < 1.29 is 22.7 Å². The zero-order valence-corrected chi connectivity index (χ0v) is 20.6. The molecule has 1 amide bonds. The third kappa shape index (κ3) is 3.17. The number of fused-ring (bicyclic) bond motifs is 1. The lowest BCUT2D eigenvalue weighted by molar-refractivity contribution is 0.147. The van der Waals surface area contributed by atoms with Crippen molar-refractivity contribution in [1.29, 1.82) is 0 Å². The van der Waals surface area contributed by atoms with Crippen LogP contribution in [0, 0.1) is 29.6 Å². The van der Waals surface area contributed by atoms with Crippen molar-refractivity contribution >= 4 is 21.6 Å². The second-order valence-electron chi connectivity index (χ2n) is 9.62. The molecule has 1 saturated heterocycles. The van der Waals surface area contributed by atoms with Gasteiger partial charge in [-0.15, -0.1) is 0 Å². The van der Waals surface area contributed by atoms with E-state index in [2.05, 4.69) is 23.7 Å². The molecule has 4 aliphatic rings. The van der Waals surface area contributed by atoms with Crippen molar-refractivity contribution in [3.8, 4) is 23.7 Å². The maximum Gasteiger partial charge on any atom is 0.415 e. The molecule has 6 nitrogen and oxygen atoms in total. The Labute approximate surface area is 211 Å². The Bertz CT molecular complexity index is 1490. The molecule has 1 saturated carbocycles. The van der Waals surface area contributed by atoms with E-state index in [9.17, 15) is 13.2 Å². The van der Waals surface area contributed by atoms with Crippen molar-refractivity contribution in [2.45, 2.75) is 53.6 Å². The van der Waals surface area contributed by atoms with Gasteiger partial charge in [-0.1, -0.05) is 60.1 Å². The second-order valence-corrected chi connectivity index (χ2v) is 12.0. The fraction of sp³-hybridized carbons (Fsp3) is 0.345. The molecule has 2 heterocycles. The van der Waals surface area contributed by atoms with E-state index in [1.165, 1.54) is 0 Å². The van der Waals surface area contributed by atoms with Gasteiger partial charge in [0.1, 0.15) is 23.9 Å². The van der Waals surface area contributed by atoms with Gasteiger partial charge in [0.2, 0.25) is 0 Å². The minimum atomic E-state index is -3.65. The molecule has 2 fully saturated rings. The average Bonchev–Trinajstić information content (AvgIpc) is 3.62. The van der Waals surface area contributed by atoms with E-state index < -0.39 is 38.4 Å². The Hall–Kier alpha value is -3.52. The highest BCUT2D eigenvalue weighted by atomic mass is 32.2. The summed E-state index contributed by atoms with van der Waals surface area (Å²) in [6.45, 7) is 1.27. The molecule has 2 aliphatic carbocycles. The van der Waals surface area contributed by atoms with E-state index in [0.717, 1.165) is 24.8 Å². The lowest BCUT2D eigenvalue weighted by atomic mass is 9.64. The lowest BCUT2D eigenvalue weighted by Gasteiger charge is -2.43. The summed E-state index contributed by atoms with van der Waals surface area (Å²) in [5, 5.41) is -0.911. The number of benzene rings is 2. The maximum atomic E-state index is 13.6. The van der Waals surface area contributed by atoms with Gasteiger partial charge in [-0.2, -0.15) is 0 Å². The molecule has 5 atom stereocenters. The molecule has 36 heavy (non-hydrogen) atoms. The van der Waals surface area contributed by atoms with Crippen molar-refractivity contribution in [1.82, 2.24) is 0 Å². The summed E-state index contributed by atoms with van der Waals surface area (Å²) in [6.07, 6.45) is 5.37. The molecule has 0 unspecified atom stereocenters. The number of para-hydroxylation sites is 1. The van der Waals surface area contributed by atoms with Crippen molar-refractivity contribution in [3.63, 3.8) is 0 Å². The standard InChI is InChI=1S/C29H25NO5S/c1-21(36(32,33)23-14-6-4-7-15-23)20-34-27(31)30-25-17-10-9-16-24(25)29-22-12-5-2-3-8-18-26(30)28(29,35-29)19-11-13-22/h2-4,6-7,9-10,14-17,21-22,26H,11,13,19-20H2,1H3/b3-2-/t21-,22-,26-,28-,29+/m0/s1. The Morgan fingerprint density at radius 2 is 1.83 bits per heavy atom. The number of allylic oxidation sites excluding steroid dienone is 2. The molecule has 182 valence electrons. The molecule has 2 aromatic carbocycles. The van der Waals surface area contributed by atoms with Gasteiger partial charge in [-0.3, -0.25) is 4.90 Å². The SMILES string of the molecule is C[C@@H](COC(=O)N1c2ccccc2[C@@]23O[C@]24CCC[C@@H]3C#C/C=C\C#C[C@H]14)S(=O)(=O)c1ccccc1. The topological polar surface area (TPSA) is 76.2 Å². The maximum absolute atomic E-state index is 13.6. The number of carbonyl (C=O) groups is 1. The van der Waals surface area contributed by atoms with E-state index in [4.69, 9.17) is 9.47 Å². The first-order valence-corrected chi connectivity index (χ1v) is 13.7. The van der Waals surface area contributed by atoms with Gasteiger partial charge in [0.15, 0.2) is 9.84 Å². The number of anilines is 1. The first-order valence-electron chi connectivity index (χ1n) is 12.1. The minimum Gasteiger partial charge on any atom is -0.448 e. The van der Waals surface area contributed by atoms with Crippen molar-refractivity contribution in [2.24, 2.45) is 5.92 Å². The summed E-state index contributed by atoms with van der Waals surface area (Å²) in [5.74, 6) is 12.8. The molecule has 2 aliphatic heterocycles. The number of hydrogen-bond acceptors (Lipinski definition) is 5. The minimum absolute atomic E-state index is 0.00587. The van der Waals surface area contributed by atoms with Crippen LogP contribution in [-0.4, -0.2) is 38.0 Å². The van der Waals surface area contributed by atoms with Crippen molar-refractivity contribution in [3.05, 3.63) is 72.3 Å². The van der Waals surface area contributed by atoms with Crippen LogP contribution in [0.1, 0.15) is 31.7 Å². The van der Waals surface area contributed by atoms with Gasteiger partial charge in [-0.25, -0.2) is 13.2 Å². The van der Waals surface area contributed by atoms with E-state index in [-0.39, 0.29) is 17.4 Å². The summed E-state index contributed by atoms with van der Waals surface area (Å²) in [7, 11) is -3.65. The third-order valence-electron chi connectivity index (χ3n) is 7.69. The smallest absolute Gasteiger partial charge is 0.415 e. The van der Waals surface area contributed by atoms with Crippen LogP contribution in [0.3, 0.4) is 0 Å². The van der Waals surface area contributed by atoms with Crippen LogP contribution in [0.15, 0.2) is 71.6 Å². The van der Waals surface area contributed by atoms with E-state index in [0.29, 0.717) is 5.69 Å². The van der Waals surface area contributed by atoms with Crippen molar-refractivity contribution in [2.75, 3.05) is 11.5 Å². The summed E-state index contributed by atoms with van der Waals surface area (Å²) in [6, 6.07) is 15.3. The molecule has 0 aromatic heterocycles. The molecule has 0 N–H and O–H groups in total. The van der Waals surface area contributed by atoms with Gasteiger partial charge in [0, 0.05) is 5.56 Å². The summed E-state index contributed by atoms with van der Waals surface area (Å²) in [5.41, 5.74) is 0.304. The Morgan fingerprint density at radius 1 is 1.11 bits per heavy atom. The van der Waals surface area contributed by atoms with E-state index >= 15 is 0 Å². The van der Waals surface area contributed by atoms with Crippen LogP contribution >= 0.6 is 0 Å². The molecule has 6 rings (SSSR count). The van der Waals surface area contributed by atoms with Crippen LogP contribution in [0.25, 0.3) is 0 Å². The number of sulfone groups is 1. The lowest BCUT2D eigenvalue weighted by Crippen LogP contribution is -2.57. The summed E-state index contributed by atoms with van der Waals surface area (Å²) < 4.78 is 38.3. The number of hydrogen-bond donors (Lipinski definition) is 0. The number of epoxide rings is 1. The zero-order valence-electron chi connectivity index (χ0n) is 19.8. The van der Waals surface area contributed by atoms with Gasteiger partial charge in [-0.05, 0) is 56.5 Å². The fourth-order valence-corrected chi connectivity index (χ4v) is 7.20. The molecular formula is C29H25NO5S. The van der Waals surface area contributed by atoms with Gasteiger partial charge in [0.25, 0.3) is 0 Å². The van der Waals surface area contributed by atoms with E-state index in [1.807, 2.05) is 24.3 Å². The van der Waals surface area contributed by atoms with Gasteiger partial charge in [0.05, 0.1) is 21.8 Å². The summed E-state index contributed by atoms with van der Waals surface area (Å²) in [4.78, 5) is 15.4. The van der Waals surface area contributed by atoms with Crippen LogP contribution in [-0.2, 0) is 24.9 Å². The monoisotopic (exact) mass is 499 g/mol. The molecule has 0 spiro atoms. The normalized spacial score (nSPS) is 30.6. The molecule has 2 aromatic rings. The Kier molecular flexibility index (Phi) is 5.26. The largest absolute Gasteiger partial charge is 0.448 e. The van der Waals surface area contributed by atoms with Crippen LogP contribution in [0.4, 0.5) is 10.5 Å². The molecule has 4 bridgehead atoms. The average molecular weight is 500 g/mol. The summed E-state index contributed by atoms with van der Waals surface area (Å²) >= 11 is 0. The van der Waals surface area contributed by atoms with Crippen LogP contribution < -0.4 is 4.90 Å². The predicted octanol–water partition coefficient (Wildman–Crippen LogP) is 4.22. The number of ether oxygens (including phenoxy) is 2. The van der Waals surface area contributed by atoms with Gasteiger partial charge >= 0.3 is 6.09 Å². The molecule has 7 heteroatoms. The first-order chi connectivity index (χ1) is 17.4. The first kappa shape index (κ1) is 22.9. The zero-order chi connectivity index (χ0) is 25.0. The Balaban J connectivity index is 1.36. The second kappa shape index (κ2) is 8.27. The fourth-order valence-electron chi connectivity index (χ4n) is 5.96. The highest BCUT2D eigenvalue weighted by Crippen LogP contribution is 2.72. The third-order valence-corrected chi connectivity index (χ3v) is 9.82. The Morgan fingerprint density at radius 3 is 2.64 bits per heavy atom. The number of amides is 1. The quantitative estimate of drug-likeness (QED) is 0.465.